The van der Waals surface area contributed by atoms with Crippen molar-refractivity contribution in [2.24, 2.45) is 5.73 Å². The number of nitrogens with zero attached hydrogens (tertiary/aromatic N) is 4. The van der Waals surface area contributed by atoms with Crippen LogP contribution < -0.4 is 5.73 Å². The summed E-state index contributed by atoms with van der Waals surface area (Å²) in [6, 6.07) is 13.6. The molecule has 0 aliphatic carbocycles. The summed E-state index contributed by atoms with van der Waals surface area (Å²) in [5, 5.41) is 9.58. The molecule has 31 heavy (non-hydrogen) atoms. The highest BCUT2D eigenvalue weighted by atomic mass is 32.2. The van der Waals surface area contributed by atoms with E-state index in [1.54, 1.807) is 12.1 Å². The van der Waals surface area contributed by atoms with Gasteiger partial charge in [-0.3, -0.25) is 19.1 Å². The summed E-state index contributed by atoms with van der Waals surface area (Å²) in [4.78, 5) is 27.6. The highest BCUT2D eigenvalue weighted by molar-refractivity contribution is 7.99. The van der Waals surface area contributed by atoms with Crippen LogP contribution in [0.5, 0.6) is 0 Å². The van der Waals surface area contributed by atoms with E-state index in [9.17, 15) is 9.59 Å². The third kappa shape index (κ3) is 5.61. The predicted octanol–water partition coefficient (Wildman–Crippen LogP) is 3.32. The molecule has 1 fully saturated rings. The van der Waals surface area contributed by atoms with Crippen molar-refractivity contribution in [1.82, 2.24) is 19.7 Å². The molecule has 1 amide bonds. The Morgan fingerprint density at radius 1 is 1.03 bits per heavy atom. The Hall–Kier alpha value is -2.49. The molecule has 3 aromatic rings. The summed E-state index contributed by atoms with van der Waals surface area (Å²) in [6.45, 7) is 2.90. The van der Waals surface area contributed by atoms with Gasteiger partial charge in [-0.05, 0) is 50.2 Å². The number of para-hydroxylation sites is 1. The van der Waals surface area contributed by atoms with Crippen LogP contribution in [0.25, 0.3) is 5.69 Å². The molecule has 0 atom stereocenters. The second-order valence-corrected chi connectivity index (χ2v) is 9.64. The van der Waals surface area contributed by atoms with E-state index in [0.717, 1.165) is 36.0 Å². The Balaban J connectivity index is 1.50. The summed E-state index contributed by atoms with van der Waals surface area (Å²) in [7, 11) is 0. The first-order valence-electron chi connectivity index (χ1n) is 10.4. The molecule has 1 aliphatic heterocycles. The molecule has 0 unspecified atom stereocenters. The van der Waals surface area contributed by atoms with Crippen LogP contribution in [-0.2, 0) is 17.8 Å². The van der Waals surface area contributed by atoms with Gasteiger partial charge in [0, 0.05) is 10.6 Å². The number of carbonyl (C=O) groups excluding carboxylic acids is 2. The lowest BCUT2D eigenvalue weighted by Crippen LogP contribution is -2.30. The second kappa shape index (κ2) is 10.2. The minimum Gasteiger partial charge on any atom is -0.369 e. The number of amides is 1. The fourth-order valence-electron chi connectivity index (χ4n) is 3.65. The summed E-state index contributed by atoms with van der Waals surface area (Å²) < 4.78 is 2.06. The quantitative estimate of drug-likeness (QED) is 0.393. The van der Waals surface area contributed by atoms with Gasteiger partial charge in [-0.25, -0.2) is 0 Å². The summed E-state index contributed by atoms with van der Waals surface area (Å²) in [6.07, 6.45) is 3.88. The maximum absolute atomic E-state index is 12.7. The van der Waals surface area contributed by atoms with Crippen molar-refractivity contribution in [2.75, 3.05) is 18.8 Å². The number of hydrogen-bond donors (Lipinski definition) is 1. The molecule has 4 rings (SSSR count). The molecule has 162 valence electrons. The molecule has 3 heterocycles. The van der Waals surface area contributed by atoms with Crippen molar-refractivity contribution in [3.8, 4) is 5.69 Å². The topological polar surface area (TPSA) is 94.1 Å². The second-order valence-electron chi connectivity index (χ2n) is 7.53. The number of Topliss-reactive ketones (excluding diaryl/α,β-unsaturated/α-hetero) is 1. The largest absolute Gasteiger partial charge is 0.369 e. The van der Waals surface area contributed by atoms with E-state index >= 15 is 0 Å². The molecule has 7 nitrogen and oxygen atoms in total. The standard InChI is InChI=1S/C22H25N5O2S2/c23-20(29)13-17-9-10-19(31-17)18(28)15-30-22-25-24-21(14-26-11-5-2-6-12-26)27(22)16-7-3-1-4-8-16/h1,3-4,7-10H,2,5-6,11-15H2,(H2,23,29). The molecule has 1 saturated heterocycles. The third-order valence-corrected chi connectivity index (χ3v) is 7.20. The maximum atomic E-state index is 12.7. The zero-order valence-electron chi connectivity index (χ0n) is 17.2. The van der Waals surface area contributed by atoms with Crippen LogP contribution in [0.2, 0.25) is 0 Å². The molecule has 0 spiro atoms. The number of thiophene rings is 1. The van der Waals surface area contributed by atoms with Gasteiger partial charge in [-0.1, -0.05) is 36.4 Å². The smallest absolute Gasteiger partial charge is 0.222 e. The normalized spacial score (nSPS) is 14.6. The van der Waals surface area contributed by atoms with Gasteiger partial charge in [0.05, 0.1) is 23.6 Å². The molecule has 9 heteroatoms. The molecule has 2 aromatic heterocycles. The molecular formula is C22H25N5O2S2. The van der Waals surface area contributed by atoms with E-state index in [-0.39, 0.29) is 18.0 Å². The van der Waals surface area contributed by atoms with Crippen molar-refractivity contribution in [3.05, 3.63) is 58.0 Å². The maximum Gasteiger partial charge on any atom is 0.222 e. The molecule has 1 aromatic carbocycles. The van der Waals surface area contributed by atoms with Gasteiger partial charge >= 0.3 is 0 Å². The number of likely N-dealkylation sites (tertiary alicyclic amines) is 1. The minimum atomic E-state index is -0.396. The summed E-state index contributed by atoms with van der Waals surface area (Å²) in [5.74, 6) is 0.756. The van der Waals surface area contributed by atoms with E-state index in [4.69, 9.17) is 5.73 Å². The zero-order chi connectivity index (χ0) is 21.6. The number of aromatic nitrogens is 3. The monoisotopic (exact) mass is 455 g/mol. The van der Waals surface area contributed by atoms with Gasteiger partial charge in [-0.15, -0.1) is 21.5 Å². The number of carbonyl (C=O) groups is 2. The van der Waals surface area contributed by atoms with Crippen LogP contribution in [-0.4, -0.2) is 50.2 Å². The summed E-state index contributed by atoms with van der Waals surface area (Å²) in [5.41, 5.74) is 6.24. The molecule has 0 radical (unpaired) electrons. The first kappa shape index (κ1) is 21.7. The Morgan fingerprint density at radius 2 is 1.81 bits per heavy atom. The Bertz CT molecular complexity index is 1040. The van der Waals surface area contributed by atoms with Crippen molar-refractivity contribution in [1.29, 1.82) is 0 Å². The first-order chi connectivity index (χ1) is 15.1. The molecular weight excluding hydrogens is 430 g/mol. The molecule has 0 bridgehead atoms. The van der Waals surface area contributed by atoms with Gasteiger partial charge in [-0.2, -0.15) is 0 Å². The van der Waals surface area contributed by atoms with E-state index in [1.807, 2.05) is 30.3 Å². The summed E-state index contributed by atoms with van der Waals surface area (Å²) >= 11 is 2.71. The SMILES string of the molecule is NC(=O)Cc1ccc(C(=O)CSc2nnc(CN3CCCCC3)n2-c2ccccc2)s1. The van der Waals surface area contributed by atoms with Crippen molar-refractivity contribution < 1.29 is 9.59 Å². The van der Waals surface area contributed by atoms with Crippen LogP contribution in [0, 0.1) is 0 Å². The molecule has 1 aliphatic rings. The number of primary amides is 1. The average molecular weight is 456 g/mol. The van der Waals surface area contributed by atoms with E-state index in [2.05, 4.69) is 19.7 Å². The van der Waals surface area contributed by atoms with Crippen molar-refractivity contribution in [3.63, 3.8) is 0 Å². The Morgan fingerprint density at radius 3 is 2.55 bits per heavy atom. The number of piperidine rings is 1. The fourth-order valence-corrected chi connectivity index (χ4v) is 5.55. The van der Waals surface area contributed by atoms with E-state index < -0.39 is 5.91 Å². The van der Waals surface area contributed by atoms with Crippen LogP contribution in [0.3, 0.4) is 0 Å². The number of rotatable bonds is 9. The van der Waals surface area contributed by atoms with Crippen LogP contribution >= 0.6 is 23.1 Å². The van der Waals surface area contributed by atoms with Crippen LogP contribution in [0.4, 0.5) is 0 Å². The highest BCUT2D eigenvalue weighted by Crippen LogP contribution is 2.26. The Kier molecular flexibility index (Phi) is 7.16. The molecule has 0 saturated carbocycles. The first-order valence-corrected chi connectivity index (χ1v) is 12.2. The fraction of sp³-hybridized carbons (Fsp3) is 0.364. The van der Waals surface area contributed by atoms with E-state index in [0.29, 0.717) is 10.0 Å². The minimum absolute atomic E-state index is 0.00547. The van der Waals surface area contributed by atoms with Crippen molar-refractivity contribution in [2.45, 2.75) is 37.4 Å². The van der Waals surface area contributed by atoms with E-state index in [1.165, 1.54) is 42.4 Å². The van der Waals surface area contributed by atoms with Crippen LogP contribution in [0.1, 0.15) is 39.6 Å². The number of ketones is 1. The molecule has 2 N–H and O–H groups in total. The lowest BCUT2D eigenvalue weighted by atomic mass is 10.1. The van der Waals surface area contributed by atoms with Crippen LogP contribution in [0.15, 0.2) is 47.6 Å². The van der Waals surface area contributed by atoms with Gasteiger partial charge in [0.25, 0.3) is 0 Å². The van der Waals surface area contributed by atoms with Gasteiger partial charge in [0.2, 0.25) is 5.91 Å². The average Bonchev–Trinajstić information content (AvgIpc) is 3.40. The highest BCUT2D eigenvalue weighted by Gasteiger charge is 2.20. The Labute approximate surface area is 189 Å². The third-order valence-electron chi connectivity index (χ3n) is 5.15. The number of hydrogen-bond acceptors (Lipinski definition) is 7. The lowest BCUT2D eigenvalue weighted by Gasteiger charge is -2.26. The van der Waals surface area contributed by atoms with Gasteiger partial charge in [0.15, 0.2) is 16.8 Å². The zero-order valence-corrected chi connectivity index (χ0v) is 18.8. The van der Waals surface area contributed by atoms with Gasteiger partial charge < -0.3 is 5.73 Å². The number of benzene rings is 1. The number of thioether (sulfide) groups is 1. The predicted molar refractivity (Wildman–Crippen MR) is 123 cm³/mol. The van der Waals surface area contributed by atoms with Gasteiger partial charge in [0.1, 0.15) is 0 Å². The van der Waals surface area contributed by atoms with Crippen molar-refractivity contribution >= 4 is 34.8 Å². The number of nitrogens with two attached hydrogens (primary N) is 1. The lowest BCUT2D eigenvalue weighted by molar-refractivity contribution is -0.117.